The number of hydrogen-bond donors (Lipinski definition) is 1. The van der Waals surface area contributed by atoms with E-state index in [0.717, 1.165) is 74.3 Å². The van der Waals surface area contributed by atoms with Gasteiger partial charge in [0.25, 0.3) is 0 Å². The van der Waals surface area contributed by atoms with Crippen LogP contribution in [0.5, 0.6) is 11.5 Å². The van der Waals surface area contributed by atoms with Crippen molar-refractivity contribution in [2.75, 3.05) is 33.9 Å². The zero-order chi connectivity index (χ0) is 20.2. The van der Waals surface area contributed by atoms with E-state index in [1.54, 1.807) is 14.2 Å². The van der Waals surface area contributed by atoms with Crippen molar-refractivity contribution in [1.82, 2.24) is 25.0 Å². The van der Waals surface area contributed by atoms with E-state index >= 15 is 0 Å². The lowest BCUT2D eigenvalue weighted by molar-refractivity contribution is -0.132. The van der Waals surface area contributed by atoms with E-state index in [2.05, 4.69) is 20.1 Å². The topological polar surface area (TPSA) is 81.5 Å². The number of rotatable bonds is 6. The molecule has 0 aliphatic carbocycles. The van der Waals surface area contributed by atoms with Gasteiger partial charge < -0.3 is 24.3 Å². The van der Waals surface area contributed by atoms with E-state index in [4.69, 9.17) is 9.47 Å². The number of piperidine rings is 1. The van der Waals surface area contributed by atoms with Gasteiger partial charge in [0.15, 0.2) is 0 Å². The predicted octanol–water partition coefficient (Wildman–Crippen LogP) is 1.74. The Bertz CT molecular complexity index is 858. The molecule has 1 aromatic carbocycles. The van der Waals surface area contributed by atoms with Crippen LogP contribution in [0.4, 0.5) is 0 Å². The van der Waals surface area contributed by atoms with Crippen molar-refractivity contribution in [2.24, 2.45) is 0 Å². The normalized spacial score (nSPS) is 17.1. The second kappa shape index (κ2) is 8.82. The third-order valence-corrected chi connectivity index (χ3v) is 5.96. The fourth-order valence-corrected chi connectivity index (χ4v) is 4.28. The van der Waals surface area contributed by atoms with Crippen LogP contribution in [0.3, 0.4) is 0 Å². The first kappa shape index (κ1) is 19.7. The van der Waals surface area contributed by atoms with Gasteiger partial charge in [-0.05, 0) is 43.0 Å². The number of aromatic nitrogens is 3. The monoisotopic (exact) mass is 399 g/mol. The summed E-state index contributed by atoms with van der Waals surface area (Å²) in [5.41, 5.74) is 0.999. The Hall–Kier alpha value is -2.61. The molecule has 8 heteroatoms. The summed E-state index contributed by atoms with van der Waals surface area (Å²) < 4.78 is 13.0. The first-order valence-electron chi connectivity index (χ1n) is 10.3. The number of methoxy groups -OCH3 is 2. The number of hydrogen-bond acceptors (Lipinski definition) is 6. The maximum absolute atomic E-state index is 12.8. The van der Waals surface area contributed by atoms with Crippen LogP contribution in [-0.4, -0.2) is 59.4 Å². The van der Waals surface area contributed by atoms with Gasteiger partial charge in [0.05, 0.1) is 20.8 Å². The number of benzene rings is 1. The number of nitrogens with one attached hydrogen (secondary N) is 1. The number of carbonyl (C=O) groups is 1. The molecular weight excluding hydrogens is 370 g/mol. The van der Waals surface area contributed by atoms with E-state index in [-0.39, 0.29) is 5.91 Å². The molecule has 1 fully saturated rings. The lowest BCUT2D eigenvalue weighted by atomic mass is 9.95. The molecule has 2 aliphatic heterocycles. The van der Waals surface area contributed by atoms with Crippen LogP contribution in [0.25, 0.3) is 0 Å². The third-order valence-electron chi connectivity index (χ3n) is 5.96. The van der Waals surface area contributed by atoms with E-state index in [0.29, 0.717) is 18.8 Å². The van der Waals surface area contributed by atoms with Crippen molar-refractivity contribution >= 4 is 5.91 Å². The maximum atomic E-state index is 12.8. The highest BCUT2D eigenvalue weighted by Crippen LogP contribution is 2.29. The molecule has 0 atom stereocenters. The molecule has 3 heterocycles. The van der Waals surface area contributed by atoms with Gasteiger partial charge in [0.2, 0.25) is 5.91 Å². The summed E-state index contributed by atoms with van der Waals surface area (Å²) >= 11 is 0. The van der Waals surface area contributed by atoms with Gasteiger partial charge in [-0.1, -0.05) is 0 Å². The molecule has 0 spiro atoms. The van der Waals surface area contributed by atoms with Gasteiger partial charge in [-0.2, -0.15) is 0 Å². The Morgan fingerprint density at radius 1 is 1.17 bits per heavy atom. The van der Waals surface area contributed by atoms with Crippen LogP contribution in [0.15, 0.2) is 18.2 Å². The molecule has 1 saturated heterocycles. The van der Waals surface area contributed by atoms with Crippen LogP contribution in [0.1, 0.15) is 42.4 Å². The average molecular weight is 399 g/mol. The molecule has 2 aliphatic rings. The van der Waals surface area contributed by atoms with E-state index in [1.165, 1.54) is 0 Å². The van der Waals surface area contributed by atoms with E-state index in [9.17, 15) is 4.79 Å². The fourth-order valence-electron chi connectivity index (χ4n) is 4.28. The summed E-state index contributed by atoms with van der Waals surface area (Å²) in [4.78, 5) is 14.7. The minimum atomic E-state index is 0.195. The Kier molecular flexibility index (Phi) is 5.99. The Labute approximate surface area is 171 Å². The molecule has 1 N–H and O–H groups in total. The summed E-state index contributed by atoms with van der Waals surface area (Å²) in [5.74, 6) is 4.27. The highest BCUT2D eigenvalue weighted by molar-refractivity contribution is 5.76. The second-order valence-electron chi connectivity index (χ2n) is 7.64. The van der Waals surface area contributed by atoms with Crippen LogP contribution >= 0.6 is 0 Å². The highest BCUT2D eigenvalue weighted by atomic mass is 16.5. The van der Waals surface area contributed by atoms with Gasteiger partial charge in [-0.15, -0.1) is 10.2 Å². The average Bonchev–Trinajstić information content (AvgIpc) is 3.21. The van der Waals surface area contributed by atoms with Crippen LogP contribution in [0, 0.1) is 0 Å². The smallest absolute Gasteiger partial charge is 0.222 e. The number of carbonyl (C=O) groups excluding carboxylic acids is 1. The van der Waals surface area contributed by atoms with Crippen molar-refractivity contribution in [3.05, 3.63) is 35.4 Å². The van der Waals surface area contributed by atoms with Crippen molar-refractivity contribution in [3.63, 3.8) is 0 Å². The third kappa shape index (κ3) is 4.22. The summed E-state index contributed by atoms with van der Waals surface area (Å²) in [6, 6.07) is 5.70. The zero-order valence-corrected chi connectivity index (χ0v) is 17.2. The molecule has 4 rings (SSSR count). The van der Waals surface area contributed by atoms with Crippen molar-refractivity contribution in [3.8, 4) is 11.5 Å². The number of aryl methyl sites for hydroxylation is 1. The molecule has 0 radical (unpaired) electrons. The molecule has 0 unspecified atom stereocenters. The highest BCUT2D eigenvalue weighted by Gasteiger charge is 2.28. The first-order valence-corrected chi connectivity index (χ1v) is 10.3. The van der Waals surface area contributed by atoms with Gasteiger partial charge in [0.1, 0.15) is 23.1 Å². The van der Waals surface area contributed by atoms with Gasteiger partial charge in [-0.3, -0.25) is 4.79 Å². The van der Waals surface area contributed by atoms with E-state index < -0.39 is 0 Å². The number of fused-ring (bicyclic) bond motifs is 1. The van der Waals surface area contributed by atoms with Crippen LogP contribution < -0.4 is 14.8 Å². The van der Waals surface area contributed by atoms with Gasteiger partial charge >= 0.3 is 0 Å². The quantitative estimate of drug-likeness (QED) is 0.797. The number of amides is 1. The van der Waals surface area contributed by atoms with Gasteiger partial charge in [-0.25, -0.2) is 0 Å². The molecule has 1 aromatic heterocycles. The maximum Gasteiger partial charge on any atom is 0.222 e. The van der Waals surface area contributed by atoms with E-state index in [1.807, 2.05) is 23.1 Å². The number of nitrogens with zero attached hydrogens (tertiary/aromatic N) is 4. The summed E-state index contributed by atoms with van der Waals surface area (Å²) in [7, 11) is 3.29. The van der Waals surface area contributed by atoms with Gasteiger partial charge in [0, 0.05) is 38.5 Å². The van der Waals surface area contributed by atoms with Crippen molar-refractivity contribution in [2.45, 2.75) is 44.7 Å². The van der Waals surface area contributed by atoms with Crippen molar-refractivity contribution < 1.29 is 14.3 Å². The number of ether oxygens (including phenoxy) is 2. The standard InChI is InChI=1S/C21H29N5O3/c1-28-17-4-5-18(29-2)16(13-17)3-6-20(27)25-10-7-15(8-11-25)21-24-23-19-14-22-9-12-26(19)21/h4-5,13,15,22H,3,6-12,14H2,1-2H3. The second-order valence-corrected chi connectivity index (χ2v) is 7.64. The largest absolute Gasteiger partial charge is 0.497 e. The molecule has 0 bridgehead atoms. The molecule has 29 heavy (non-hydrogen) atoms. The lowest BCUT2D eigenvalue weighted by Crippen LogP contribution is -2.39. The molecule has 156 valence electrons. The Morgan fingerprint density at radius 2 is 2.00 bits per heavy atom. The minimum Gasteiger partial charge on any atom is -0.497 e. The molecule has 0 saturated carbocycles. The fraction of sp³-hybridized carbons (Fsp3) is 0.571. The number of likely N-dealkylation sites (tertiary alicyclic amines) is 1. The van der Waals surface area contributed by atoms with Crippen molar-refractivity contribution in [1.29, 1.82) is 0 Å². The predicted molar refractivity (Wildman–Crippen MR) is 108 cm³/mol. The minimum absolute atomic E-state index is 0.195. The lowest BCUT2D eigenvalue weighted by Gasteiger charge is -2.32. The molecule has 1 amide bonds. The van der Waals surface area contributed by atoms with Crippen LogP contribution in [0.2, 0.25) is 0 Å². The Balaban J connectivity index is 1.32. The summed E-state index contributed by atoms with van der Waals surface area (Å²) in [5, 5.41) is 12.1. The SMILES string of the molecule is COc1ccc(OC)c(CCC(=O)N2CCC(c3nnc4n3CCNC4)CC2)c1. The summed E-state index contributed by atoms with van der Waals surface area (Å²) in [6.45, 7) is 4.23. The summed E-state index contributed by atoms with van der Waals surface area (Å²) in [6.07, 6.45) is 3.00. The van der Waals surface area contributed by atoms with Crippen LogP contribution in [-0.2, 0) is 24.3 Å². The Morgan fingerprint density at radius 3 is 2.76 bits per heavy atom. The molecular formula is C21H29N5O3. The first-order chi connectivity index (χ1) is 14.2. The molecule has 8 nitrogen and oxygen atoms in total. The molecule has 2 aromatic rings. The zero-order valence-electron chi connectivity index (χ0n) is 17.2.